The molecule has 14 heavy (non-hydrogen) atoms. The van der Waals surface area contributed by atoms with Crippen molar-refractivity contribution in [1.82, 2.24) is 0 Å². The molecule has 1 rings (SSSR count). The third-order valence-electron chi connectivity index (χ3n) is 2.08. The highest BCUT2D eigenvalue weighted by molar-refractivity contribution is 7.99. The zero-order valence-corrected chi connectivity index (χ0v) is 9.51. The van der Waals surface area contributed by atoms with E-state index in [4.69, 9.17) is 0 Å². The molecule has 1 nitrogen and oxygen atoms in total. The highest BCUT2D eigenvalue weighted by Crippen LogP contribution is 2.24. The highest BCUT2D eigenvalue weighted by atomic mass is 32.2. The predicted octanol–water partition coefficient (Wildman–Crippen LogP) is 3.39. The van der Waals surface area contributed by atoms with Crippen LogP contribution in [0.4, 0.5) is 0 Å². The number of carbonyl (C=O) groups excluding carboxylic acids is 1. The van der Waals surface area contributed by atoms with Gasteiger partial charge in [0.2, 0.25) is 0 Å². The number of aldehydes is 1. The van der Waals surface area contributed by atoms with Crippen molar-refractivity contribution in [2.75, 3.05) is 5.75 Å². The lowest BCUT2D eigenvalue weighted by atomic mass is 9.93. The summed E-state index contributed by atoms with van der Waals surface area (Å²) in [4.78, 5) is 11.9. The van der Waals surface area contributed by atoms with Crippen molar-refractivity contribution >= 4 is 18.0 Å². The molecule has 1 aromatic carbocycles. The zero-order valence-electron chi connectivity index (χ0n) is 8.69. The quantitative estimate of drug-likeness (QED) is 0.545. The number of hydrogen-bond donors (Lipinski definition) is 0. The van der Waals surface area contributed by atoms with Gasteiger partial charge in [-0.3, -0.25) is 0 Å². The second-order valence-electron chi connectivity index (χ2n) is 4.02. The van der Waals surface area contributed by atoms with Crippen molar-refractivity contribution in [3.05, 3.63) is 30.3 Å². The maximum absolute atomic E-state index is 10.7. The van der Waals surface area contributed by atoms with Crippen LogP contribution in [0.1, 0.15) is 20.3 Å². The van der Waals surface area contributed by atoms with Crippen molar-refractivity contribution in [2.24, 2.45) is 5.41 Å². The lowest BCUT2D eigenvalue weighted by Gasteiger charge is -2.15. The summed E-state index contributed by atoms with van der Waals surface area (Å²) in [6, 6.07) is 10.3. The van der Waals surface area contributed by atoms with Gasteiger partial charge < -0.3 is 4.79 Å². The van der Waals surface area contributed by atoms with Gasteiger partial charge in [0.25, 0.3) is 0 Å². The van der Waals surface area contributed by atoms with E-state index in [1.54, 1.807) is 11.8 Å². The number of rotatable bonds is 5. The van der Waals surface area contributed by atoms with Gasteiger partial charge in [-0.1, -0.05) is 32.0 Å². The van der Waals surface area contributed by atoms with Crippen molar-refractivity contribution in [3.8, 4) is 0 Å². The van der Waals surface area contributed by atoms with Gasteiger partial charge in [-0.05, 0) is 24.3 Å². The normalized spacial score (nSPS) is 11.3. The van der Waals surface area contributed by atoms with Crippen molar-refractivity contribution < 1.29 is 4.79 Å². The van der Waals surface area contributed by atoms with E-state index in [1.165, 1.54) is 4.90 Å². The largest absolute Gasteiger partial charge is 0.303 e. The molecule has 0 amide bonds. The van der Waals surface area contributed by atoms with Gasteiger partial charge in [0.1, 0.15) is 6.29 Å². The fourth-order valence-electron chi connectivity index (χ4n) is 1.01. The maximum atomic E-state index is 10.7. The van der Waals surface area contributed by atoms with Gasteiger partial charge in [0, 0.05) is 10.3 Å². The second kappa shape index (κ2) is 5.20. The Morgan fingerprint density at radius 2 is 1.93 bits per heavy atom. The molecule has 0 aromatic heterocycles. The Kier molecular flexibility index (Phi) is 4.21. The summed E-state index contributed by atoms with van der Waals surface area (Å²) in [5.41, 5.74) is -0.179. The Balaban J connectivity index is 2.32. The summed E-state index contributed by atoms with van der Waals surface area (Å²) in [5.74, 6) is 0.996. The van der Waals surface area contributed by atoms with Crippen LogP contribution in [-0.4, -0.2) is 12.0 Å². The van der Waals surface area contributed by atoms with E-state index in [-0.39, 0.29) is 5.41 Å². The highest BCUT2D eigenvalue weighted by Gasteiger charge is 2.15. The van der Waals surface area contributed by atoms with Gasteiger partial charge in [0.15, 0.2) is 0 Å². The molecule has 0 aliphatic carbocycles. The smallest absolute Gasteiger partial charge is 0.125 e. The number of hydrogen-bond acceptors (Lipinski definition) is 2. The number of thioether (sulfide) groups is 1. The Bertz CT molecular complexity index is 280. The summed E-state index contributed by atoms with van der Waals surface area (Å²) >= 11 is 1.80. The van der Waals surface area contributed by atoms with E-state index in [0.29, 0.717) is 0 Å². The van der Waals surface area contributed by atoms with E-state index in [2.05, 4.69) is 12.1 Å². The van der Waals surface area contributed by atoms with Gasteiger partial charge in [-0.15, -0.1) is 11.8 Å². The SMILES string of the molecule is CC(C)(C=O)CCSc1ccccc1. The molecule has 0 saturated carbocycles. The molecule has 0 unspecified atom stereocenters. The molecule has 2 heteroatoms. The topological polar surface area (TPSA) is 17.1 Å². The summed E-state index contributed by atoms with van der Waals surface area (Å²) in [5, 5.41) is 0. The minimum Gasteiger partial charge on any atom is -0.303 e. The Hall–Kier alpha value is -0.760. The van der Waals surface area contributed by atoms with Gasteiger partial charge in [-0.2, -0.15) is 0 Å². The standard InChI is InChI=1S/C12H16OS/c1-12(2,10-13)8-9-14-11-6-4-3-5-7-11/h3-7,10H,8-9H2,1-2H3. The van der Waals surface area contributed by atoms with Crippen LogP contribution in [-0.2, 0) is 4.79 Å². The van der Waals surface area contributed by atoms with Crippen molar-refractivity contribution in [3.63, 3.8) is 0 Å². The summed E-state index contributed by atoms with van der Waals surface area (Å²) in [6.45, 7) is 3.96. The lowest BCUT2D eigenvalue weighted by molar-refractivity contribution is -0.114. The molecule has 0 N–H and O–H groups in total. The average molecular weight is 208 g/mol. The first-order chi connectivity index (χ1) is 6.64. The average Bonchev–Trinajstić information content (AvgIpc) is 2.19. The van der Waals surface area contributed by atoms with Crippen LogP contribution in [0.5, 0.6) is 0 Å². The Labute approximate surface area is 89.9 Å². The molecule has 0 aliphatic rings. The molecule has 0 heterocycles. The van der Waals surface area contributed by atoms with Crippen LogP contribution in [0.15, 0.2) is 35.2 Å². The van der Waals surface area contributed by atoms with Crippen LogP contribution in [0.25, 0.3) is 0 Å². The fraction of sp³-hybridized carbons (Fsp3) is 0.417. The minimum absolute atomic E-state index is 0.179. The van der Waals surface area contributed by atoms with Crippen LogP contribution >= 0.6 is 11.8 Å². The van der Waals surface area contributed by atoms with Crippen LogP contribution < -0.4 is 0 Å². The Morgan fingerprint density at radius 1 is 1.29 bits per heavy atom. The first-order valence-electron chi connectivity index (χ1n) is 4.78. The molecule has 0 fully saturated rings. The first kappa shape index (κ1) is 11.3. The molecule has 0 aliphatic heterocycles. The van der Waals surface area contributed by atoms with E-state index in [0.717, 1.165) is 18.5 Å². The lowest BCUT2D eigenvalue weighted by Crippen LogP contribution is -2.13. The second-order valence-corrected chi connectivity index (χ2v) is 5.19. The van der Waals surface area contributed by atoms with Gasteiger partial charge >= 0.3 is 0 Å². The first-order valence-corrected chi connectivity index (χ1v) is 5.77. The number of carbonyl (C=O) groups is 1. The molecular formula is C12H16OS. The van der Waals surface area contributed by atoms with Crippen molar-refractivity contribution in [2.45, 2.75) is 25.2 Å². The van der Waals surface area contributed by atoms with E-state index in [9.17, 15) is 4.79 Å². The third kappa shape index (κ3) is 3.97. The van der Waals surface area contributed by atoms with Crippen LogP contribution in [0.3, 0.4) is 0 Å². The molecule has 0 saturated heterocycles. The zero-order chi connectivity index (χ0) is 10.4. The summed E-state index contributed by atoms with van der Waals surface area (Å²) < 4.78 is 0. The van der Waals surface area contributed by atoms with Crippen LogP contribution in [0.2, 0.25) is 0 Å². The molecule has 0 bridgehead atoms. The fourth-order valence-corrected chi connectivity index (χ4v) is 2.22. The van der Waals surface area contributed by atoms with Crippen LogP contribution in [0, 0.1) is 5.41 Å². The molecule has 0 radical (unpaired) electrons. The van der Waals surface area contributed by atoms with E-state index >= 15 is 0 Å². The molecule has 0 atom stereocenters. The molecule has 0 spiro atoms. The summed E-state index contributed by atoms with van der Waals surface area (Å²) in [6.07, 6.45) is 1.97. The molecule has 76 valence electrons. The minimum atomic E-state index is -0.179. The van der Waals surface area contributed by atoms with E-state index in [1.807, 2.05) is 32.0 Å². The maximum Gasteiger partial charge on any atom is 0.125 e. The van der Waals surface area contributed by atoms with Gasteiger partial charge in [-0.25, -0.2) is 0 Å². The predicted molar refractivity (Wildman–Crippen MR) is 61.6 cm³/mol. The third-order valence-corrected chi connectivity index (χ3v) is 3.09. The molecule has 1 aromatic rings. The van der Waals surface area contributed by atoms with Crippen molar-refractivity contribution in [1.29, 1.82) is 0 Å². The number of benzene rings is 1. The van der Waals surface area contributed by atoms with Gasteiger partial charge in [0.05, 0.1) is 0 Å². The van der Waals surface area contributed by atoms with E-state index < -0.39 is 0 Å². The Morgan fingerprint density at radius 3 is 2.50 bits per heavy atom. The summed E-state index contributed by atoms with van der Waals surface area (Å²) in [7, 11) is 0. The molecular weight excluding hydrogens is 192 g/mol. The monoisotopic (exact) mass is 208 g/mol.